The van der Waals surface area contributed by atoms with Crippen LogP contribution in [-0.4, -0.2) is 54.5 Å². The number of methoxy groups -OCH3 is 1. The van der Waals surface area contributed by atoms with Crippen molar-refractivity contribution < 1.29 is 37.3 Å². The summed E-state index contributed by atoms with van der Waals surface area (Å²) in [6.45, 7) is -1.36. The van der Waals surface area contributed by atoms with Crippen LogP contribution in [0.15, 0.2) is 18.3 Å². The van der Waals surface area contributed by atoms with Crippen molar-refractivity contribution in [3.8, 4) is 5.88 Å². The van der Waals surface area contributed by atoms with E-state index in [9.17, 15) is 22.8 Å². The van der Waals surface area contributed by atoms with E-state index in [1.807, 2.05) is 0 Å². The molecule has 1 aromatic rings. The van der Waals surface area contributed by atoms with Gasteiger partial charge in [0.25, 0.3) is 5.91 Å². The summed E-state index contributed by atoms with van der Waals surface area (Å²) in [5, 5.41) is 11.2. The molecular formula is C13H15F3N2O5. The van der Waals surface area contributed by atoms with Crippen molar-refractivity contribution in [3.63, 3.8) is 0 Å². The minimum Gasteiger partial charge on any atom is -0.480 e. The molecule has 0 aliphatic heterocycles. The lowest BCUT2D eigenvalue weighted by atomic mass is 10.2. The minimum absolute atomic E-state index is 0.00646. The van der Waals surface area contributed by atoms with Crippen molar-refractivity contribution in [2.45, 2.75) is 18.6 Å². The number of nitrogens with zero attached hydrogens (tertiary/aromatic N) is 1. The summed E-state index contributed by atoms with van der Waals surface area (Å²) in [5.74, 6) is -2.25. The van der Waals surface area contributed by atoms with Crippen LogP contribution in [0.1, 0.15) is 16.8 Å². The standard InChI is InChI=1S/C13H15F3N2O5/c1-22-5-4-9(12(20)21)18-11(19)8-2-3-10(17-6-8)23-7-13(14,15)16/h2-3,6,9H,4-5,7H2,1H3,(H,18,19)(H,20,21). The lowest BCUT2D eigenvalue weighted by Crippen LogP contribution is -2.41. The molecule has 0 radical (unpaired) electrons. The average Bonchev–Trinajstić information content (AvgIpc) is 2.48. The number of hydrogen-bond donors (Lipinski definition) is 2. The number of alkyl halides is 3. The summed E-state index contributed by atoms with van der Waals surface area (Å²) in [4.78, 5) is 26.4. The van der Waals surface area contributed by atoms with E-state index in [0.29, 0.717) is 0 Å². The van der Waals surface area contributed by atoms with Crippen molar-refractivity contribution in [3.05, 3.63) is 23.9 Å². The third-order valence-corrected chi connectivity index (χ3v) is 2.60. The van der Waals surface area contributed by atoms with Gasteiger partial charge in [-0.15, -0.1) is 0 Å². The van der Waals surface area contributed by atoms with Crippen LogP contribution in [0.3, 0.4) is 0 Å². The average molecular weight is 336 g/mol. The van der Waals surface area contributed by atoms with Gasteiger partial charge in [-0.05, 0) is 6.07 Å². The fraction of sp³-hybridized carbons (Fsp3) is 0.462. The zero-order valence-corrected chi connectivity index (χ0v) is 12.1. The van der Waals surface area contributed by atoms with E-state index >= 15 is 0 Å². The number of hydrogen-bond acceptors (Lipinski definition) is 5. The maximum absolute atomic E-state index is 12.0. The zero-order chi connectivity index (χ0) is 17.5. The molecule has 1 amide bonds. The number of halogens is 3. The Morgan fingerprint density at radius 2 is 2.09 bits per heavy atom. The van der Waals surface area contributed by atoms with Gasteiger partial charge in [-0.3, -0.25) is 4.79 Å². The SMILES string of the molecule is COCCC(NC(=O)c1ccc(OCC(F)(F)F)nc1)C(=O)O. The van der Waals surface area contributed by atoms with E-state index in [0.717, 1.165) is 12.3 Å². The molecule has 0 bridgehead atoms. The van der Waals surface area contributed by atoms with Gasteiger partial charge in [-0.2, -0.15) is 13.2 Å². The molecule has 0 fully saturated rings. The summed E-state index contributed by atoms with van der Waals surface area (Å²) in [5.41, 5.74) is -0.00646. The van der Waals surface area contributed by atoms with Crippen molar-refractivity contribution in [1.29, 1.82) is 0 Å². The Bertz CT molecular complexity index is 533. The third-order valence-electron chi connectivity index (χ3n) is 2.60. The molecule has 23 heavy (non-hydrogen) atoms. The summed E-state index contributed by atoms with van der Waals surface area (Å²) in [6.07, 6.45) is -3.43. The van der Waals surface area contributed by atoms with Crippen LogP contribution in [0.4, 0.5) is 13.2 Å². The first-order valence-corrected chi connectivity index (χ1v) is 6.41. The Balaban J connectivity index is 2.64. The van der Waals surface area contributed by atoms with E-state index in [1.165, 1.54) is 13.2 Å². The van der Waals surface area contributed by atoms with Gasteiger partial charge in [-0.25, -0.2) is 9.78 Å². The van der Waals surface area contributed by atoms with Crippen LogP contribution < -0.4 is 10.1 Å². The van der Waals surface area contributed by atoms with Gasteiger partial charge in [0.1, 0.15) is 6.04 Å². The number of nitrogens with one attached hydrogen (secondary N) is 1. The summed E-state index contributed by atoms with van der Waals surface area (Å²) >= 11 is 0. The van der Waals surface area contributed by atoms with E-state index in [4.69, 9.17) is 9.84 Å². The molecule has 1 aromatic heterocycles. The fourth-order valence-corrected chi connectivity index (χ4v) is 1.49. The zero-order valence-electron chi connectivity index (χ0n) is 12.1. The van der Waals surface area contributed by atoms with Crippen LogP contribution in [0.25, 0.3) is 0 Å². The van der Waals surface area contributed by atoms with E-state index < -0.39 is 30.7 Å². The van der Waals surface area contributed by atoms with Crippen LogP contribution in [-0.2, 0) is 9.53 Å². The first-order valence-electron chi connectivity index (χ1n) is 6.41. The van der Waals surface area contributed by atoms with Crippen LogP contribution in [0, 0.1) is 0 Å². The van der Waals surface area contributed by atoms with Gasteiger partial charge in [0, 0.05) is 32.4 Å². The van der Waals surface area contributed by atoms with Crippen LogP contribution >= 0.6 is 0 Å². The quantitative estimate of drug-likeness (QED) is 0.741. The molecule has 0 aliphatic carbocycles. The molecule has 1 unspecified atom stereocenters. The number of carboxylic acid groups (broad SMARTS) is 1. The molecule has 7 nitrogen and oxygen atoms in total. The Morgan fingerprint density at radius 3 is 2.57 bits per heavy atom. The molecule has 10 heteroatoms. The summed E-state index contributed by atoms with van der Waals surface area (Å²) < 4.78 is 45.1. The predicted octanol–water partition coefficient (Wildman–Crippen LogP) is 1.24. The van der Waals surface area contributed by atoms with Crippen molar-refractivity contribution in [2.75, 3.05) is 20.3 Å². The number of carbonyl (C=O) groups is 2. The highest BCUT2D eigenvalue weighted by Crippen LogP contribution is 2.17. The molecule has 1 rings (SSSR count). The van der Waals surface area contributed by atoms with Crippen molar-refractivity contribution in [1.82, 2.24) is 10.3 Å². The molecular weight excluding hydrogens is 321 g/mol. The first kappa shape index (κ1) is 18.7. The molecule has 0 saturated carbocycles. The third kappa shape index (κ3) is 6.96. The monoisotopic (exact) mass is 336 g/mol. The lowest BCUT2D eigenvalue weighted by Gasteiger charge is -2.14. The molecule has 0 saturated heterocycles. The normalized spacial score (nSPS) is 12.5. The maximum Gasteiger partial charge on any atom is 0.422 e. The Labute approximate surface area is 129 Å². The molecule has 2 N–H and O–H groups in total. The van der Waals surface area contributed by atoms with Gasteiger partial charge >= 0.3 is 12.1 Å². The van der Waals surface area contributed by atoms with Crippen molar-refractivity contribution in [2.24, 2.45) is 0 Å². The van der Waals surface area contributed by atoms with Crippen LogP contribution in [0.2, 0.25) is 0 Å². The van der Waals surface area contributed by atoms with Gasteiger partial charge in [0.2, 0.25) is 5.88 Å². The lowest BCUT2D eigenvalue weighted by molar-refractivity contribution is -0.154. The second-order valence-electron chi connectivity index (χ2n) is 4.43. The number of pyridine rings is 1. The number of amides is 1. The summed E-state index contributed by atoms with van der Waals surface area (Å²) in [6, 6.07) is 1.12. The Kier molecular flexibility index (Phi) is 6.76. The van der Waals surface area contributed by atoms with Crippen LogP contribution in [0.5, 0.6) is 5.88 Å². The number of aromatic nitrogens is 1. The molecule has 0 aliphatic rings. The van der Waals surface area contributed by atoms with Gasteiger partial charge in [0.15, 0.2) is 6.61 Å². The van der Waals surface area contributed by atoms with Gasteiger partial charge in [-0.1, -0.05) is 0 Å². The maximum atomic E-state index is 12.0. The van der Waals surface area contributed by atoms with Gasteiger partial charge in [0.05, 0.1) is 5.56 Å². The number of carboxylic acids is 1. The molecule has 1 heterocycles. The van der Waals surface area contributed by atoms with E-state index in [1.54, 1.807) is 0 Å². The van der Waals surface area contributed by atoms with E-state index in [2.05, 4.69) is 15.0 Å². The molecule has 0 spiro atoms. The largest absolute Gasteiger partial charge is 0.480 e. The van der Waals surface area contributed by atoms with Crippen molar-refractivity contribution >= 4 is 11.9 Å². The molecule has 128 valence electrons. The fourth-order valence-electron chi connectivity index (χ4n) is 1.49. The van der Waals surface area contributed by atoms with Gasteiger partial charge < -0.3 is 19.9 Å². The second-order valence-corrected chi connectivity index (χ2v) is 4.43. The smallest absolute Gasteiger partial charge is 0.422 e. The number of carbonyl (C=O) groups excluding carboxylic acids is 1. The Morgan fingerprint density at radius 1 is 1.39 bits per heavy atom. The highest BCUT2D eigenvalue weighted by Gasteiger charge is 2.28. The highest BCUT2D eigenvalue weighted by molar-refractivity contribution is 5.96. The number of aliphatic carboxylic acids is 1. The minimum atomic E-state index is -4.49. The highest BCUT2D eigenvalue weighted by atomic mass is 19.4. The Hall–Kier alpha value is -2.36. The number of ether oxygens (including phenoxy) is 2. The number of rotatable bonds is 8. The van der Waals surface area contributed by atoms with E-state index in [-0.39, 0.29) is 24.5 Å². The summed E-state index contributed by atoms with van der Waals surface area (Å²) in [7, 11) is 1.39. The second kappa shape index (κ2) is 8.32. The topological polar surface area (TPSA) is 97.8 Å². The predicted molar refractivity (Wildman–Crippen MR) is 71.2 cm³/mol. The molecule has 0 aromatic carbocycles. The first-order chi connectivity index (χ1) is 10.7. The molecule has 1 atom stereocenters.